The monoisotopic (exact) mass is 355 g/mol. The first-order valence-corrected chi connectivity index (χ1v) is 15.6. The molecule has 0 aliphatic rings. The van der Waals surface area contributed by atoms with E-state index in [1.54, 1.807) is 0 Å². The van der Waals surface area contributed by atoms with Crippen LogP contribution in [-0.4, -0.2) is 16.5 Å². The van der Waals surface area contributed by atoms with Gasteiger partial charge in [0.15, 0.2) is 0 Å². The van der Waals surface area contributed by atoms with Crippen LogP contribution in [0.4, 0.5) is 0 Å². The molecule has 0 unspecified atom stereocenters. The third-order valence-corrected chi connectivity index (χ3v) is 9.27. The van der Waals surface area contributed by atoms with Gasteiger partial charge in [-0.15, -0.1) is 0 Å². The van der Waals surface area contributed by atoms with Crippen LogP contribution in [0.3, 0.4) is 0 Å². The summed E-state index contributed by atoms with van der Waals surface area (Å²) < 4.78 is 3.74. The molecule has 0 amide bonds. The first-order valence-electron chi connectivity index (χ1n) is 8.59. The Morgan fingerprint density at radius 3 is 1.50 bits per heavy atom. The average Bonchev–Trinajstić information content (AvgIpc) is 2.45. The minimum Gasteiger partial charge on any atom is -0.360 e. The number of hydrogen-bond acceptors (Lipinski definition) is 1. The van der Waals surface area contributed by atoms with Crippen molar-refractivity contribution in [2.45, 2.75) is 46.2 Å². The van der Waals surface area contributed by atoms with E-state index in [9.17, 15) is 0 Å². The molecule has 0 saturated heterocycles. The molecule has 0 aliphatic heterocycles. The molecule has 0 bridgehead atoms. The summed E-state index contributed by atoms with van der Waals surface area (Å²) in [5.74, 6) is 0. The quantitative estimate of drug-likeness (QED) is 0.634. The van der Waals surface area contributed by atoms with Crippen LogP contribution >= 0.6 is 0 Å². The summed E-state index contributed by atoms with van der Waals surface area (Å²) >= 11 is 0. The summed E-state index contributed by atoms with van der Waals surface area (Å²) in [5, 5.41) is 0. The third-order valence-electron chi connectivity index (χ3n) is 3.27. The van der Waals surface area contributed by atoms with Crippen molar-refractivity contribution in [3.05, 3.63) is 77.9 Å². The molecule has 0 heterocycles. The van der Waals surface area contributed by atoms with Crippen molar-refractivity contribution in [1.82, 2.24) is 4.65 Å². The van der Waals surface area contributed by atoms with Crippen molar-refractivity contribution in [3.8, 4) is 0 Å². The van der Waals surface area contributed by atoms with E-state index in [1.807, 2.05) is 18.2 Å². The number of hydrogen-bond donors (Lipinski definition) is 1. The topological polar surface area (TPSA) is 12.0 Å². The van der Waals surface area contributed by atoms with Crippen LogP contribution in [0.1, 0.15) is 16.7 Å². The van der Waals surface area contributed by atoms with Crippen molar-refractivity contribution < 1.29 is 0 Å². The van der Waals surface area contributed by atoms with Crippen LogP contribution < -0.4 is 4.65 Å². The zero-order valence-electron chi connectivity index (χ0n) is 16.4. The summed E-state index contributed by atoms with van der Waals surface area (Å²) in [4.78, 5) is 0. The maximum atomic E-state index is 4.12. The predicted molar refractivity (Wildman–Crippen MR) is 116 cm³/mol. The Kier molecular flexibility index (Phi) is 7.39. The van der Waals surface area contributed by atoms with Gasteiger partial charge in [-0.1, -0.05) is 106 Å². The zero-order chi connectivity index (χ0) is 18.4. The van der Waals surface area contributed by atoms with E-state index < -0.39 is 16.5 Å². The molecule has 0 spiro atoms. The fourth-order valence-corrected chi connectivity index (χ4v) is 11.7. The highest BCUT2D eigenvalue weighted by Crippen LogP contribution is 2.21. The SMILES string of the molecule is C=C(c1ccccc1)c1ccc(C)cc1.C[Si](C)(C)N[Si](C)(C)C. The second kappa shape index (κ2) is 8.61. The van der Waals surface area contributed by atoms with Crippen molar-refractivity contribution >= 4 is 22.0 Å². The molecule has 1 N–H and O–H groups in total. The molecule has 1 nitrogen and oxygen atoms in total. The fourth-order valence-electron chi connectivity index (χ4n) is 2.69. The van der Waals surface area contributed by atoms with Gasteiger partial charge in [-0.3, -0.25) is 0 Å². The minimum atomic E-state index is -0.981. The first-order chi connectivity index (χ1) is 11.0. The van der Waals surface area contributed by atoms with Gasteiger partial charge in [0.1, 0.15) is 16.5 Å². The van der Waals surface area contributed by atoms with Gasteiger partial charge in [0.25, 0.3) is 0 Å². The second-order valence-corrected chi connectivity index (χ2v) is 18.3. The molecule has 2 aromatic carbocycles. The lowest BCUT2D eigenvalue weighted by molar-refractivity contribution is 1.30. The van der Waals surface area contributed by atoms with Gasteiger partial charge in [-0.05, 0) is 23.6 Å². The van der Waals surface area contributed by atoms with Crippen LogP contribution in [0.2, 0.25) is 39.3 Å². The van der Waals surface area contributed by atoms with E-state index in [0.29, 0.717) is 0 Å². The van der Waals surface area contributed by atoms with Gasteiger partial charge in [-0.2, -0.15) is 0 Å². The molecule has 0 saturated carbocycles. The molecule has 2 rings (SSSR count). The van der Waals surface area contributed by atoms with E-state index >= 15 is 0 Å². The van der Waals surface area contributed by atoms with Gasteiger partial charge in [-0.25, -0.2) is 0 Å². The summed E-state index contributed by atoms with van der Waals surface area (Å²) in [6.45, 7) is 20.3. The highest BCUT2D eigenvalue weighted by Gasteiger charge is 2.22. The Labute approximate surface area is 151 Å². The Bertz CT molecular complexity index is 620. The minimum absolute atomic E-state index is 0.981. The van der Waals surface area contributed by atoms with Crippen molar-refractivity contribution in [1.29, 1.82) is 0 Å². The molecule has 0 radical (unpaired) electrons. The molecule has 130 valence electrons. The largest absolute Gasteiger partial charge is 0.360 e. The summed E-state index contributed by atoms with van der Waals surface area (Å²) in [7, 11) is -1.96. The smallest absolute Gasteiger partial charge is 0.109 e. The Morgan fingerprint density at radius 2 is 1.12 bits per heavy atom. The van der Waals surface area contributed by atoms with Crippen LogP contribution in [-0.2, 0) is 0 Å². The Balaban J connectivity index is 0.000000277. The van der Waals surface area contributed by atoms with Gasteiger partial charge in [0, 0.05) is 0 Å². The molecule has 0 aliphatic carbocycles. The maximum Gasteiger partial charge on any atom is 0.109 e. The van der Waals surface area contributed by atoms with Gasteiger partial charge in [0.2, 0.25) is 0 Å². The van der Waals surface area contributed by atoms with Crippen molar-refractivity contribution in [2.75, 3.05) is 0 Å². The Morgan fingerprint density at radius 1 is 0.708 bits per heavy atom. The lowest BCUT2D eigenvalue weighted by Crippen LogP contribution is -2.55. The standard InChI is InChI=1S/C15H14.C6H19NSi2/c1-12-8-10-15(11-9-12)13(2)14-6-4-3-5-7-14;1-8(2,3)7-9(4,5)6/h3-11H,2H2,1H3;7H,1-6H3. The first kappa shape index (κ1) is 20.6. The lowest BCUT2D eigenvalue weighted by Gasteiger charge is -2.28. The molecule has 0 atom stereocenters. The molecule has 0 aromatic heterocycles. The van der Waals surface area contributed by atoms with E-state index in [-0.39, 0.29) is 0 Å². The van der Waals surface area contributed by atoms with Crippen LogP contribution in [0.15, 0.2) is 61.2 Å². The number of aryl methyl sites for hydroxylation is 1. The third kappa shape index (κ3) is 8.43. The van der Waals surface area contributed by atoms with Crippen LogP contribution in [0.5, 0.6) is 0 Å². The van der Waals surface area contributed by atoms with Crippen LogP contribution in [0, 0.1) is 6.92 Å². The number of nitrogens with one attached hydrogen (secondary N) is 1. The Hall–Kier alpha value is -1.43. The second-order valence-electron chi connectivity index (χ2n) is 8.34. The number of rotatable bonds is 4. The number of benzene rings is 2. The van der Waals surface area contributed by atoms with E-state index in [2.05, 4.69) is 93.8 Å². The molecule has 0 fully saturated rings. The van der Waals surface area contributed by atoms with Gasteiger partial charge < -0.3 is 4.65 Å². The lowest BCUT2D eigenvalue weighted by atomic mass is 9.99. The highest BCUT2D eigenvalue weighted by molar-refractivity contribution is 6.90. The van der Waals surface area contributed by atoms with Gasteiger partial charge in [0.05, 0.1) is 0 Å². The summed E-state index contributed by atoms with van der Waals surface area (Å²) in [5.41, 5.74) is 4.73. The summed E-state index contributed by atoms with van der Waals surface area (Å²) in [6.07, 6.45) is 0. The summed E-state index contributed by atoms with van der Waals surface area (Å²) in [6, 6.07) is 18.7. The molecule has 3 heteroatoms. The molecule has 24 heavy (non-hydrogen) atoms. The predicted octanol–water partition coefficient (Wildman–Crippen LogP) is 6.30. The van der Waals surface area contributed by atoms with E-state index in [1.165, 1.54) is 16.7 Å². The van der Waals surface area contributed by atoms with Gasteiger partial charge >= 0.3 is 0 Å². The highest BCUT2D eigenvalue weighted by atomic mass is 28.4. The molecular weight excluding hydrogens is 322 g/mol. The van der Waals surface area contributed by atoms with E-state index in [4.69, 9.17) is 0 Å². The fraction of sp³-hybridized carbons (Fsp3) is 0.333. The maximum absolute atomic E-state index is 4.12. The zero-order valence-corrected chi connectivity index (χ0v) is 18.4. The van der Waals surface area contributed by atoms with E-state index in [0.717, 1.165) is 5.57 Å². The average molecular weight is 356 g/mol. The normalized spacial score (nSPS) is 11.5. The van der Waals surface area contributed by atoms with Crippen molar-refractivity contribution in [2.24, 2.45) is 0 Å². The van der Waals surface area contributed by atoms with Crippen molar-refractivity contribution in [3.63, 3.8) is 0 Å². The van der Waals surface area contributed by atoms with Crippen LogP contribution in [0.25, 0.3) is 5.57 Å². The molecular formula is C21H33NSi2. The molecule has 2 aromatic rings.